The van der Waals surface area contributed by atoms with E-state index in [1.165, 1.54) is 0 Å². The zero-order valence-electron chi connectivity index (χ0n) is 21.2. The second kappa shape index (κ2) is 11.0. The maximum absolute atomic E-state index is 13.6. The fourth-order valence-electron chi connectivity index (χ4n) is 3.77. The summed E-state index contributed by atoms with van der Waals surface area (Å²) in [6.07, 6.45) is 4.99. The molecule has 1 atom stereocenters. The molecule has 2 N–H and O–H groups in total. The molecule has 0 saturated heterocycles. The van der Waals surface area contributed by atoms with Gasteiger partial charge in [-0.3, -0.25) is 14.5 Å². The molecule has 186 valence electrons. The van der Waals surface area contributed by atoms with E-state index in [-0.39, 0.29) is 0 Å². The summed E-state index contributed by atoms with van der Waals surface area (Å²) in [5.41, 5.74) is 2.16. The van der Waals surface area contributed by atoms with Gasteiger partial charge in [0.15, 0.2) is 0 Å². The van der Waals surface area contributed by atoms with Crippen LogP contribution in [0.15, 0.2) is 60.7 Å². The molecule has 36 heavy (non-hydrogen) atoms. The number of benzene rings is 3. The highest BCUT2D eigenvalue weighted by atomic mass is 16.6. The van der Waals surface area contributed by atoms with E-state index in [1.807, 2.05) is 68.4 Å². The predicted molar refractivity (Wildman–Crippen MR) is 141 cm³/mol. The Morgan fingerprint density at radius 1 is 1.00 bits per heavy atom. The molecule has 0 aliphatic carbocycles. The Bertz CT molecular complexity index is 1330. The summed E-state index contributed by atoms with van der Waals surface area (Å²) >= 11 is 0. The lowest BCUT2D eigenvalue weighted by Gasteiger charge is -2.28. The lowest BCUT2D eigenvalue weighted by molar-refractivity contribution is -0.134. The number of fused-ring (bicyclic) bond motifs is 1. The SMILES string of the molecule is C#CN(C(=O)CNC(=O)OC(C)(C)C)C(C(=O)Nc1ccc2ccccc2c1)c1cc(C)ccc1C. The largest absolute Gasteiger partial charge is 0.444 e. The molecule has 7 heteroatoms. The first-order chi connectivity index (χ1) is 17.0. The fourth-order valence-corrected chi connectivity index (χ4v) is 3.77. The summed E-state index contributed by atoms with van der Waals surface area (Å²) in [6.45, 7) is 8.47. The number of terminal acetylenes is 1. The van der Waals surface area contributed by atoms with Crippen molar-refractivity contribution in [2.24, 2.45) is 0 Å². The number of ether oxygens (including phenoxy) is 1. The van der Waals surface area contributed by atoms with Crippen LogP contribution in [-0.4, -0.2) is 35.0 Å². The maximum atomic E-state index is 13.6. The molecule has 0 spiro atoms. The molecule has 0 saturated carbocycles. The maximum Gasteiger partial charge on any atom is 0.408 e. The summed E-state index contributed by atoms with van der Waals surface area (Å²) in [6, 6.07) is 20.2. The van der Waals surface area contributed by atoms with Crippen LogP contribution < -0.4 is 10.6 Å². The first-order valence-corrected chi connectivity index (χ1v) is 11.6. The minimum absolute atomic E-state index is 0.427. The van der Waals surface area contributed by atoms with Gasteiger partial charge in [0.2, 0.25) is 0 Å². The number of carbonyl (C=O) groups excluding carboxylic acids is 3. The Morgan fingerprint density at radius 3 is 2.36 bits per heavy atom. The Balaban J connectivity index is 1.91. The van der Waals surface area contributed by atoms with E-state index in [2.05, 4.69) is 16.7 Å². The van der Waals surface area contributed by atoms with Crippen LogP contribution in [0.5, 0.6) is 0 Å². The third-order valence-corrected chi connectivity index (χ3v) is 5.44. The van der Waals surface area contributed by atoms with Gasteiger partial charge in [-0.1, -0.05) is 60.5 Å². The van der Waals surface area contributed by atoms with E-state index < -0.39 is 36.1 Å². The van der Waals surface area contributed by atoms with Crippen molar-refractivity contribution in [1.29, 1.82) is 0 Å². The standard InChI is InChI=1S/C29H31N3O4/c1-7-32(25(33)18-30-28(35)36-29(4,5)6)26(24-16-19(2)12-13-20(24)3)27(34)31-23-15-14-21-10-8-9-11-22(21)17-23/h1,8-17,26H,18H2,2-6H3,(H,30,35)(H,31,34). The molecule has 3 aromatic carbocycles. The van der Waals surface area contributed by atoms with Crippen molar-refractivity contribution in [3.8, 4) is 12.5 Å². The molecule has 3 amide bonds. The van der Waals surface area contributed by atoms with Crippen LogP contribution in [0.3, 0.4) is 0 Å². The first kappa shape index (κ1) is 26.3. The average Bonchev–Trinajstić information content (AvgIpc) is 2.81. The van der Waals surface area contributed by atoms with Gasteiger partial charge in [-0.15, -0.1) is 0 Å². The predicted octanol–water partition coefficient (Wildman–Crippen LogP) is 5.08. The van der Waals surface area contributed by atoms with Gasteiger partial charge < -0.3 is 15.4 Å². The Morgan fingerprint density at radius 2 is 1.69 bits per heavy atom. The molecule has 3 rings (SSSR count). The van der Waals surface area contributed by atoms with Crippen LogP contribution in [0.4, 0.5) is 10.5 Å². The average molecular weight is 486 g/mol. The molecule has 1 unspecified atom stereocenters. The number of alkyl carbamates (subject to hydrolysis) is 1. The summed E-state index contributed by atoms with van der Waals surface area (Å²) < 4.78 is 5.19. The van der Waals surface area contributed by atoms with Crippen LogP contribution in [0.1, 0.15) is 43.5 Å². The van der Waals surface area contributed by atoms with Crippen molar-refractivity contribution in [3.05, 3.63) is 77.4 Å². The number of amides is 3. The molecule has 0 aromatic heterocycles. The number of aryl methyl sites for hydroxylation is 2. The van der Waals surface area contributed by atoms with Gasteiger partial charge in [-0.05, 0) is 68.7 Å². The number of nitrogens with zero attached hydrogens (tertiary/aromatic N) is 1. The van der Waals surface area contributed by atoms with Gasteiger partial charge in [0.05, 0.1) is 0 Å². The van der Waals surface area contributed by atoms with Gasteiger partial charge >= 0.3 is 6.09 Å². The highest BCUT2D eigenvalue weighted by molar-refractivity contribution is 6.00. The number of nitrogens with one attached hydrogen (secondary N) is 2. The third kappa shape index (κ3) is 6.63. The van der Waals surface area contributed by atoms with Gasteiger partial charge in [0.1, 0.15) is 18.2 Å². The first-order valence-electron chi connectivity index (χ1n) is 11.6. The van der Waals surface area contributed by atoms with Gasteiger partial charge in [-0.2, -0.15) is 0 Å². The Kier molecular flexibility index (Phi) is 8.00. The zero-order chi connectivity index (χ0) is 26.5. The summed E-state index contributed by atoms with van der Waals surface area (Å²) in [5.74, 6) is -1.09. The number of hydrogen-bond donors (Lipinski definition) is 2. The summed E-state index contributed by atoms with van der Waals surface area (Å²) in [7, 11) is 0. The molecular formula is C29H31N3O4. The number of hydrogen-bond acceptors (Lipinski definition) is 4. The van der Waals surface area contributed by atoms with Crippen LogP contribution in [0, 0.1) is 26.3 Å². The highest BCUT2D eigenvalue weighted by Gasteiger charge is 2.32. The van der Waals surface area contributed by atoms with Crippen molar-refractivity contribution in [2.45, 2.75) is 46.3 Å². The molecule has 0 bridgehead atoms. The summed E-state index contributed by atoms with van der Waals surface area (Å²) in [4.78, 5) is 39.8. The van der Waals surface area contributed by atoms with Gasteiger partial charge in [-0.25, -0.2) is 4.79 Å². The number of carbonyl (C=O) groups is 3. The topological polar surface area (TPSA) is 87.7 Å². The monoisotopic (exact) mass is 485 g/mol. The van der Waals surface area contributed by atoms with Crippen LogP contribution in [0.25, 0.3) is 10.8 Å². The van der Waals surface area contributed by atoms with E-state index in [9.17, 15) is 14.4 Å². The Hall–Kier alpha value is -4.31. The quantitative estimate of drug-likeness (QED) is 0.377. The molecule has 7 nitrogen and oxygen atoms in total. The second-order valence-electron chi connectivity index (χ2n) is 9.56. The van der Waals surface area contributed by atoms with Crippen molar-refractivity contribution in [3.63, 3.8) is 0 Å². The van der Waals surface area contributed by atoms with Crippen LogP contribution >= 0.6 is 0 Å². The van der Waals surface area contributed by atoms with E-state index in [1.54, 1.807) is 26.8 Å². The third-order valence-electron chi connectivity index (χ3n) is 5.44. The minimum Gasteiger partial charge on any atom is -0.444 e. The molecular weight excluding hydrogens is 454 g/mol. The van der Waals surface area contributed by atoms with Crippen LogP contribution in [-0.2, 0) is 14.3 Å². The van der Waals surface area contributed by atoms with E-state index in [4.69, 9.17) is 11.2 Å². The molecule has 0 aliphatic heterocycles. The lowest BCUT2D eigenvalue weighted by Crippen LogP contribution is -2.44. The van der Waals surface area contributed by atoms with E-state index in [0.29, 0.717) is 11.3 Å². The van der Waals surface area contributed by atoms with Gasteiger partial charge in [0, 0.05) is 11.7 Å². The van der Waals surface area contributed by atoms with Crippen molar-refractivity contribution >= 4 is 34.4 Å². The lowest BCUT2D eigenvalue weighted by atomic mass is 9.97. The van der Waals surface area contributed by atoms with E-state index in [0.717, 1.165) is 26.8 Å². The normalized spacial score (nSPS) is 11.8. The minimum atomic E-state index is -1.12. The number of rotatable bonds is 6. The summed E-state index contributed by atoms with van der Waals surface area (Å²) in [5, 5.41) is 7.32. The van der Waals surface area contributed by atoms with Crippen molar-refractivity contribution in [1.82, 2.24) is 10.2 Å². The van der Waals surface area contributed by atoms with Crippen molar-refractivity contribution in [2.75, 3.05) is 11.9 Å². The molecule has 3 aromatic rings. The molecule has 0 heterocycles. The molecule has 0 fully saturated rings. The van der Waals surface area contributed by atoms with Crippen LogP contribution in [0.2, 0.25) is 0 Å². The Labute approximate surface area is 211 Å². The van der Waals surface area contributed by atoms with Crippen molar-refractivity contribution < 1.29 is 19.1 Å². The smallest absolute Gasteiger partial charge is 0.408 e. The fraction of sp³-hybridized carbons (Fsp3) is 0.276. The van der Waals surface area contributed by atoms with Gasteiger partial charge in [0.25, 0.3) is 11.8 Å². The molecule has 0 aliphatic rings. The molecule has 0 radical (unpaired) electrons. The van der Waals surface area contributed by atoms with E-state index >= 15 is 0 Å². The second-order valence-corrected chi connectivity index (χ2v) is 9.56. The number of anilines is 1. The zero-order valence-corrected chi connectivity index (χ0v) is 21.2. The highest BCUT2D eigenvalue weighted by Crippen LogP contribution is 2.28.